The van der Waals surface area contributed by atoms with E-state index < -0.39 is 0 Å². The van der Waals surface area contributed by atoms with Crippen LogP contribution in [-0.4, -0.2) is 9.97 Å². The van der Waals surface area contributed by atoms with Crippen LogP contribution in [0.1, 0.15) is 0 Å². The van der Waals surface area contributed by atoms with Gasteiger partial charge in [-0.05, 0) is 23.6 Å². The predicted molar refractivity (Wildman–Crippen MR) is 72.3 cm³/mol. The summed E-state index contributed by atoms with van der Waals surface area (Å²) in [6.07, 6.45) is 1.65. The summed E-state index contributed by atoms with van der Waals surface area (Å²) in [7, 11) is 0. The van der Waals surface area contributed by atoms with Crippen molar-refractivity contribution >= 4 is 23.0 Å². The van der Waals surface area contributed by atoms with Gasteiger partial charge in [-0.15, -0.1) is 0 Å². The number of benzene rings is 2. The van der Waals surface area contributed by atoms with Gasteiger partial charge in [0, 0.05) is 17.1 Å². The molecule has 1 N–H and O–H groups in total. The number of aromatic nitrogens is 2. The Balaban J connectivity index is 2.37. The zero-order valence-electron chi connectivity index (χ0n) is 9.35. The van der Waals surface area contributed by atoms with Crippen molar-refractivity contribution in [1.82, 2.24) is 9.97 Å². The quantitative estimate of drug-likeness (QED) is 0.664. The SMILES string of the molecule is Fc1ccc(-c2nccc(=S)[nH]2)c2ccccc12. The highest BCUT2D eigenvalue weighted by Gasteiger charge is 2.08. The molecule has 0 aliphatic rings. The van der Waals surface area contributed by atoms with E-state index in [9.17, 15) is 4.39 Å². The zero-order chi connectivity index (χ0) is 12.5. The lowest BCUT2D eigenvalue weighted by atomic mass is 10.0. The van der Waals surface area contributed by atoms with Crippen molar-refractivity contribution in [2.75, 3.05) is 0 Å². The minimum absolute atomic E-state index is 0.233. The molecule has 88 valence electrons. The van der Waals surface area contributed by atoms with E-state index in [0.29, 0.717) is 15.9 Å². The molecule has 0 radical (unpaired) electrons. The third kappa shape index (κ3) is 1.80. The Kier molecular flexibility index (Phi) is 2.64. The van der Waals surface area contributed by atoms with Crippen LogP contribution >= 0.6 is 12.2 Å². The largest absolute Gasteiger partial charge is 0.331 e. The zero-order valence-corrected chi connectivity index (χ0v) is 10.2. The summed E-state index contributed by atoms with van der Waals surface area (Å²) < 4.78 is 14.3. The number of halogens is 1. The Morgan fingerprint density at radius 1 is 1.00 bits per heavy atom. The molecular formula is C14H9FN2S. The number of nitrogens with one attached hydrogen (secondary N) is 1. The monoisotopic (exact) mass is 256 g/mol. The van der Waals surface area contributed by atoms with Gasteiger partial charge >= 0.3 is 0 Å². The highest BCUT2D eigenvalue weighted by molar-refractivity contribution is 7.71. The summed E-state index contributed by atoms with van der Waals surface area (Å²) in [5.41, 5.74) is 0.846. The molecule has 0 atom stereocenters. The maximum atomic E-state index is 13.7. The van der Waals surface area contributed by atoms with E-state index in [-0.39, 0.29) is 5.82 Å². The van der Waals surface area contributed by atoms with Gasteiger partial charge in [-0.25, -0.2) is 9.37 Å². The Labute approximate surface area is 108 Å². The van der Waals surface area contributed by atoms with Gasteiger partial charge in [0.1, 0.15) is 16.3 Å². The summed E-state index contributed by atoms with van der Waals surface area (Å²) in [4.78, 5) is 7.26. The van der Waals surface area contributed by atoms with Gasteiger partial charge in [0.25, 0.3) is 0 Å². The van der Waals surface area contributed by atoms with Gasteiger partial charge in [-0.1, -0.05) is 36.5 Å². The number of hydrogen-bond donors (Lipinski definition) is 1. The summed E-state index contributed by atoms with van der Waals surface area (Å²) in [5.74, 6) is 0.419. The van der Waals surface area contributed by atoms with Crippen LogP contribution in [0.2, 0.25) is 0 Å². The van der Waals surface area contributed by atoms with Crippen LogP contribution in [0.15, 0.2) is 48.7 Å². The first kappa shape index (κ1) is 11.0. The van der Waals surface area contributed by atoms with E-state index in [1.807, 2.05) is 18.2 Å². The average Bonchev–Trinajstić information content (AvgIpc) is 2.39. The molecule has 3 rings (SSSR count). The summed E-state index contributed by atoms with van der Waals surface area (Å²) in [6.45, 7) is 0. The molecule has 4 heteroatoms. The second-order valence-electron chi connectivity index (χ2n) is 3.92. The van der Waals surface area contributed by atoms with Crippen molar-refractivity contribution in [2.24, 2.45) is 0 Å². The molecule has 0 unspecified atom stereocenters. The number of aromatic amines is 1. The Morgan fingerprint density at radius 3 is 2.56 bits per heavy atom. The molecule has 0 saturated carbocycles. The molecule has 0 fully saturated rings. The second kappa shape index (κ2) is 4.31. The van der Waals surface area contributed by atoms with Gasteiger partial charge < -0.3 is 4.98 Å². The molecular weight excluding hydrogens is 247 g/mol. The first-order valence-electron chi connectivity index (χ1n) is 5.48. The van der Waals surface area contributed by atoms with Crippen molar-refractivity contribution in [3.05, 3.63) is 59.1 Å². The molecule has 0 aliphatic heterocycles. The molecule has 1 heterocycles. The second-order valence-corrected chi connectivity index (χ2v) is 4.36. The first-order chi connectivity index (χ1) is 8.75. The summed E-state index contributed by atoms with van der Waals surface area (Å²) in [6, 6.07) is 12.2. The van der Waals surface area contributed by atoms with Gasteiger partial charge in [0.05, 0.1) is 0 Å². The van der Waals surface area contributed by atoms with Crippen LogP contribution in [0.4, 0.5) is 4.39 Å². The number of nitrogens with zero attached hydrogens (tertiary/aromatic N) is 1. The smallest absolute Gasteiger partial charge is 0.138 e. The highest BCUT2D eigenvalue weighted by atomic mass is 32.1. The lowest BCUT2D eigenvalue weighted by molar-refractivity contribution is 0.640. The third-order valence-corrected chi connectivity index (χ3v) is 3.04. The molecule has 1 aromatic heterocycles. The minimum Gasteiger partial charge on any atom is -0.331 e. The van der Waals surface area contributed by atoms with E-state index in [0.717, 1.165) is 10.9 Å². The molecule has 18 heavy (non-hydrogen) atoms. The van der Waals surface area contributed by atoms with Crippen LogP contribution in [0.25, 0.3) is 22.2 Å². The van der Waals surface area contributed by atoms with E-state index >= 15 is 0 Å². The number of rotatable bonds is 1. The maximum Gasteiger partial charge on any atom is 0.138 e. The van der Waals surface area contributed by atoms with Crippen molar-refractivity contribution in [3.63, 3.8) is 0 Å². The van der Waals surface area contributed by atoms with E-state index in [1.165, 1.54) is 6.07 Å². The number of H-pyrrole nitrogens is 1. The van der Waals surface area contributed by atoms with Crippen LogP contribution in [-0.2, 0) is 0 Å². The molecule has 0 spiro atoms. The van der Waals surface area contributed by atoms with Crippen molar-refractivity contribution in [3.8, 4) is 11.4 Å². The molecule has 0 saturated heterocycles. The fraction of sp³-hybridized carbons (Fsp3) is 0. The third-order valence-electron chi connectivity index (χ3n) is 2.80. The molecule has 0 bridgehead atoms. The molecule has 2 aromatic carbocycles. The summed E-state index contributed by atoms with van der Waals surface area (Å²) >= 11 is 5.08. The molecule has 0 aliphatic carbocycles. The molecule has 0 amide bonds. The molecule has 3 aromatic rings. The van der Waals surface area contributed by atoms with Gasteiger partial charge in [-0.3, -0.25) is 0 Å². The van der Waals surface area contributed by atoms with Crippen molar-refractivity contribution < 1.29 is 4.39 Å². The van der Waals surface area contributed by atoms with Crippen LogP contribution in [0, 0.1) is 10.5 Å². The van der Waals surface area contributed by atoms with Crippen LogP contribution in [0.5, 0.6) is 0 Å². The van der Waals surface area contributed by atoms with E-state index in [2.05, 4.69) is 9.97 Å². The van der Waals surface area contributed by atoms with Gasteiger partial charge in [-0.2, -0.15) is 0 Å². The normalized spacial score (nSPS) is 10.7. The predicted octanol–water partition coefficient (Wildman–Crippen LogP) is 4.10. The highest BCUT2D eigenvalue weighted by Crippen LogP contribution is 2.27. The Bertz CT molecular complexity index is 780. The van der Waals surface area contributed by atoms with Crippen molar-refractivity contribution in [1.29, 1.82) is 0 Å². The molecule has 2 nitrogen and oxygen atoms in total. The first-order valence-corrected chi connectivity index (χ1v) is 5.89. The topological polar surface area (TPSA) is 28.7 Å². The van der Waals surface area contributed by atoms with Crippen LogP contribution < -0.4 is 0 Å². The number of fused-ring (bicyclic) bond motifs is 1. The standard InChI is InChI=1S/C14H9FN2S/c15-12-6-5-11(9-3-1-2-4-10(9)12)14-16-8-7-13(18)17-14/h1-8H,(H,16,17,18). The summed E-state index contributed by atoms with van der Waals surface area (Å²) in [5, 5.41) is 1.40. The lowest BCUT2D eigenvalue weighted by Crippen LogP contribution is -1.91. The fourth-order valence-corrected chi connectivity index (χ4v) is 2.13. The number of hydrogen-bond acceptors (Lipinski definition) is 2. The fourth-order valence-electron chi connectivity index (χ4n) is 1.98. The van der Waals surface area contributed by atoms with Gasteiger partial charge in [0.2, 0.25) is 0 Å². The Morgan fingerprint density at radius 2 is 1.78 bits per heavy atom. The van der Waals surface area contributed by atoms with Crippen LogP contribution in [0.3, 0.4) is 0 Å². The average molecular weight is 256 g/mol. The van der Waals surface area contributed by atoms with E-state index in [1.54, 1.807) is 24.4 Å². The minimum atomic E-state index is -0.233. The van der Waals surface area contributed by atoms with Crippen molar-refractivity contribution in [2.45, 2.75) is 0 Å². The van der Waals surface area contributed by atoms with Gasteiger partial charge in [0.15, 0.2) is 0 Å². The Hall–Kier alpha value is -2.07. The maximum absolute atomic E-state index is 13.7. The van der Waals surface area contributed by atoms with E-state index in [4.69, 9.17) is 12.2 Å². The lowest BCUT2D eigenvalue weighted by Gasteiger charge is -2.06.